The van der Waals surface area contributed by atoms with E-state index in [0.29, 0.717) is 24.0 Å². The van der Waals surface area contributed by atoms with E-state index in [1.807, 2.05) is 4.90 Å². The molecule has 1 heterocycles. The van der Waals surface area contributed by atoms with Gasteiger partial charge in [-0.1, -0.05) is 13.3 Å². The first-order valence-electron chi connectivity index (χ1n) is 6.75. The largest absolute Gasteiger partial charge is 0.481 e. The van der Waals surface area contributed by atoms with E-state index in [2.05, 4.69) is 16.9 Å². The van der Waals surface area contributed by atoms with Gasteiger partial charge in [0.15, 0.2) is 5.82 Å². The summed E-state index contributed by atoms with van der Waals surface area (Å²) in [7, 11) is 0. The van der Waals surface area contributed by atoms with Crippen molar-refractivity contribution in [2.45, 2.75) is 38.6 Å². The lowest BCUT2D eigenvalue weighted by atomic mass is 10.0. The van der Waals surface area contributed by atoms with Gasteiger partial charge in [0.2, 0.25) is 5.28 Å². The second-order valence-corrected chi connectivity index (χ2v) is 5.57. The lowest BCUT2D eigenvalue weighted by Gasteiger charge is -2.33. The second kappa shape index (κ2) is 6.26. The van der Waals surface area contributed by atoms with Crippen LogP contribution in [0.2, 0.25) is 5.28 Å². The van der Waals surface area contributed by atoms with E-state index in [-0.39, 0.29) is 17.7 Å². The minimum atomic E-state index is -0.834. The zero-order chi connectivity index (χ0) is 14.7. The first-order chi connectivity index (χ1) is 9.49. The van der Waals surface area contributed by atoms with Crippen molar-refractivity contribution in [3.8, 4) is 0 Å². The Hall–Kier alpha value is -1.56. The number of halogens is 1. The third-order valence-corrected chi connectivity index (χ3v) is 4.00. The van der Waals surface area contributed by atoms with Crippen molar-refractivity contribution in [1.29, 1.82) is 0 Å². The van der Waals surface area contributed by atoms with Crippen LogP contribution in [0.5, 0.6) is 0 Å². The molecule has 0 spiro atoms. The fraction of sp³-hybridized carbons (Fsp3) is 0.615. The summed E-state index contributed by atoms with van der Waals surface area (Å²) in [6.07, 6.45) is 4.80. The number of hydrogen-bond acceptors (Lipinski definition) is 5. The van der Waals surface area contributed by atoms with Gasteiger partial charge in [0.25, 0.3) is 0 Å². The van der Waals surface area contributed by atoms with Gasteiger partial charge in [-0.2, -0.15) is 4.98 Å². The number of anilines is 2. The highest BCUT2D eigenvalue weighted by molar-refractivity contribution is 6.28. The van der Waals surface area contributed by atoms with E-state index >= 15 is 0 Å². The average Bonchev–Trinajstić information content (AvgIpc) is 2.80. The highest BCUT2D eigenvalue weighted by Crippen LogP contribution is 2.34. The molecule has 3 N–H and O–H groups in total. The molecule has 7 heteroatoms. The van der Waals surface area contributed by atoms with Crippen LogP contribution >= 0.6 is 11.6 Å². The van der Waals surface area contributed by atoms with E-state index in [9.17, 15) is 4.79 Å². The normalized spacial score (nSPS) is 21.9. The number of hydrogen-bond donors (Lipinski definition) is 2. The third kappa shape index (κ3) is 3.30. The first kappa shape index (κ1) is 14.8. The topological polar surface area (TPSA) is 92.3 Å². The zero-order valence-corrected chi connectivity index (χ0v) is 12.2. The molecule has 0 amide bonds. The Balaban J connectivity index is 2.29. The summed E-state index contributed by atoms with van der Waals surface area (Å²) in [4.78, 5) is 20.9. The summed E-state index contributed by atoms with van der Waals surface area (Å²) in [5, 5.41) is 9.05. The van der Waals surface area contributed by atoms with Crippen LogP contribution in [0.4, 0.5) is 11.5 Å². The van der Waals surface area contributed by atoms with Gasteiger partial charge in [-0.3, -0.25) is 4.79 Å². The number of carboxylic acids is 1. The van der Waals surface area contributed by atoms with Crippen LogP contribution in [0.15, 0.2) is 6.20 Å². The fourth-order valence-electron chi connectivity index (χ4n) is 2.83. The van der Waals surface area contributed by atoms with Crippen LogP contribution in [0.25, 0.3) is 0 Å². The van der Waals surface area contributed by atoms with E-state index < -0.39 is 5.97 Å². The van der Waals surface area contributed by atoms with Gasteiger partial charge < -0.3 is 15.7 Å². The summed E-state index contributed by atoms with van der Waals surface area (Å²) >= 11 is 5.85. The number of aliphatic carboxylic acids is 1. The van der Waals surface area contributed by atoms with E-state index in [0.717, 1.165) is 19.3 Å². The highest BCUT2D eigenvalue weighted by Gasteiger charge is 2.31. The van der Waals surface area contributed by atoms with E-state index in [4.69, 9.17) is 22.4 Å². The van der Waals surface area contributed by atoms with Crippen molar-refractivity contribution in [3.05, 3.63) is 11.5 Å². The van der Waals surface area contributed by atoms with Crippen LogP contribution < -0.4 is 10.6 Å². The molecule has 2 atom stereocenters. The highest BCUT2D eigenvalue weighted by atomic mass is 35.5. The van der Waals surface area contributed by atoms with Gasteiger partial charge in [0.05, 0.1) is 18.3 Å². The summed E-state index contributed by atoms with van der Waals surface area (Å²) in [6, 6.07) is 0.252. The summed E-state index contributed by atoms with van der Waals surface area (Å²) in [6.45, 7) is 2.55. The number of nitrogens with two attached hydrogens (primary N) is 1. The summed E-state index contributed by atoms with van der Waals surface area (Å²) in [5.41, 5.74) is 6.37. The molecule has 1 aliphatic rings. The van der Waals surface area contributed by atoms with Crippen molar-refractivity contribution in [2.24, 2.45) is 5.92 Å². The quantitative estimate of drug-likeness (QED) is 0.809. The second-order valence-electron chi connectivity index (χ2n) is 5.23. The maximum atomic E-state index is 10.9. The third-order valence-electron chi connectivity index (χ3n) is 3.82. The smallest absolute Gasteiger partial charge is 0.305 e. The minimum Gasteiger partial charge on any atom is -0.481 e. The molecule has 1 aromatic rings. The maximum Gasteiger partial charge on any atom is 0.305 e. The van der Waals surface area contributed by atoms with Crippen molar-refractivity contribution in [3.63, 3.8) is 0 Å². The van der Waals surface area contributed by atoms with Crippen LogP contribution in [0, 0.1) is 5.92 Å². The molecular formula is C13H19ClN4O2. The molecule has 0 radical (unpaired) electrons. The molecule has 2 unspecified atom stereocenters. The molecule has 0 aliphatic heterocycles. The predicted molar refractivity (Wildman–Crippen MR) is 77.9 cm³/mol. The number of aromatic nitrogens is 2. The summed E-state index contributed by atoms with van der Waals surface area (Å²) in [5.74, 6) is 0.196. The van der Waals surface area contributed by atoms with Crippen molar-refractivity contribution in [1.82, 2.24) is 9.97 Å². The molecule has 1 saturated carbocycles. The van der Waals surface area contributed by atoms with Gasteiger partial charge >= 0.3 is 5.97 Å². The summed E-state index contributed by atoms with van der Waals surface area (Å²) < 4.78 is 0. The van der Waals surface area contributed by atoms with E-state index in [1.54, 1.807) is 0 Å². The maximum absolute atomic E-state index is 10.9. The number of carbonyl (C=O) groups is 1. The zero-order valence-electron chi connectivity index (χ0n) is 11.4. The predicted octanol–water partition coefficient (Wildman–Crippen LogP) is 2.18. The van der Waals surface area contributed by atoms with Crippen LogP contribution in [-0.2, 0) is 4.79 Å². The minimum absolute atomic E-state index is 0.0459. The first-order valence-corrected chi connectivity index (χ1v) is 7.13. The number of nitrogen functional groups attached to an aromatic ring is 1. The molecule has 6 nitrogen and oxygen atoms in total. The Kier molecular flexibility index (Phi) is 4.65. The lowest BCUT2D eigenvalue weighted by Crippen LogP contribution is -2.39. The molecule has 110 valence electrons. The van der Waals surface area contributed by atoms with E-state index in [1.165, 1.54) is 6.20 Å². The molecule has 1 aliphatic carbocycles. The molecule has 2 rings (SSSR count). The SMILES string of the molecule is CC1CCCC1N(CCC(=O)O)c1nc(Cl)ncc1N. The van der Waals surface area contributed by atoms with Crippen molar-refractivity contribution < 1.29 is 9.90 Å². The van der Waals surface area contributed by atoms with Crippen LogP contribution in [-0.4, -0.2) is 33.6 Å². The number of carboxylic acid groups (broad SMARTS) is 1. The Bertz CT molecular complexity index is 497. The van der Waals surface area contributed by atoms with Crippen molar-refractivity contribution in [2.75, 3.05) is 17.2 Å². The van der Waals surface area contributed by atoms with Crippen LogP contribution in [0.1, 0.15) is 32.6 Å². The molecule has 1 fully saturated rings. The molecular weight excluding hydrogens is 280 g/mol. The van der Waals surface area contributed by atoms with Crippen LogP contribution in [0.3, 0.4) is 0 Å². The monoisotopic (exact) mass is 298 g/mol. The fourth-order valence-corrected chi connectivity index (χ4v) is 2.95. The standard InChI is InChI=1S/C13H19ClN4O2/c1-8-3-2-4-10(8)18(6-5-11(19)20)12-9(15)7-16-13(14)17-12/h7-8,10H,2-6,15H2,1H3,(H,19,20). The Labute approximate surface area is 123 Å². The molecule has 20 heavy (non-hydrogen) atoms. The van der Waals surface area contributed by atoms with Gasteiger partial charge in [-0.15, -0.1) is 0 Å². The lowest BCUT2D eigenvalue weighted by molar-refractivity contribution is -0.136. The average molecular weight is 299 g/mol. The molecule has 0 aromatic carbocycles. The molecule has 1 aromatic heterocycles. The Morgan fingerprint density at radius 1 is 1.60 bits per heavy atom. The Morgan fingerprint density at radius 3 is 2.95 bits per heavy atom. The molecule has 0 bridgehead atoms. The number of nitrogens with zero attached hydrogens (tertiary/aromatic N) is 3. The van der Waals surface area contributed by atoms with Gasteiger partial charge in [-0.05, 0) is 30.4 Å². The van der Waals surface area contributed by atoms with Gasteiger partial charge in [0.1, 0.15) is 0 Å². The van der Waals surface area contributed by atoms with Crippen molar-refractivity contribution >= 4 is 29.1 Å². The number of rotatable bonds is 5. The van der Waals surface area contributed by atoms with Gasteiger partial charge in [0, 0.05) is 12.6 Å². The molecule has 0 saturated heterocycles. The Morgan fingerprint density at radius 2 is 2.35 bits per heavy atom. The van der Waals surface area contributed by atoms with Gasteiger partial charge in [-0.25, -0.2) is 4.98 Å².